The number of rotatable bonds is 3. The van der Waals surface area contributed by atoms with Crippen LogP contribution in [0.5, 0.6) is 11.5 Å². The minimum absolute atomic E-state index is 0.140. The number of halogens is 3. The van der Waals surface area contributed by atoms with Crippen LogP contribution >= 0.6 is 0 Å². The Morgan fingerprint density at radius 1 is 1.23 bits per heavy atom. The van der Waals surface area contributed by atoms with Crippen LogP contribution < -0.4 is 4.74 Å². The van der Waals surface area contributed by atoms with E-state index >= 15 is 0 Å². The van der Waals surface area contributed by atoms with Crippen LogP contribution in [0.25, 0.3) is 22.4 Å². The van der Waals surface area contributed by atoms with Crippen molar-refractivity contribution in [3.63, 3.8) is 0 Å². The highest BCUT2D eigenvalue weighted by atomic mass is 19.4. The number of phenols is 1. The van der Waals surface area contributed by atoms with Crippen molar-refractivity contribution in [2.24, 2.45) is 0 Å². The molecule has 4 rings (SSSR count). The van der Waals surface area contributed by atoms with Gasteiger partial charge in [0.15, 0.2) is 16.9 Å². The van der Waals surface area contributed by atoms with Gasteiger partial charge in [0, 0.05) is 12.6 Å². The number of ether oxygens (including phenoxy) is 1. The Balaban J connectivity index is 1.84. The topological polar surface area (TPSA) is 76.3 Å². The largest absolute Gasteiger partial charge is 0.507 e. The monoisotopic (exact) mass is 421 g/mol. The standard InChI is InChI=1S/C20H22F3N5O2/c1-11-7-12(20(21,22)23)8-14(29)15(11)16-18(30-3)17-19(26-25-16)28(10-24-17)13-5-4-6-27(2)9-13/h7-8,10,13,29H,4-6,9H2,1-3H3/t13-/m1/s1. The molecule has 0 bridgehead atoms. The quantitative estimate of drug-likeness (QED) is 0.693. The average molecular weight is 421 g/mol. The molecule has 0 unspecified atom stereocenters. The lowest BCUT2D eigenvalue weighted by atomic mass is 10.00. The zero-order valence-electron chi connectivity index (χ0n) is 16.9. The van der Waals surface area contributed by atoms with Crippen molar-refractivity contribution in [1.82, 2.24) is 24.6 Å². The molecule has 2 aromatic heterocycles. The van der Waals surface area contributed by atoms with E-state index in [1.807, 2.05) is 4.57 Å². The van der Waals surface area contributed by atoms with Gasteiger partial charge in [-0.2, -0.15) is 13.2 Å². The normalized spacial score (nSPS) is 18.1. The highest BCUT2D eigenvalue weighted by Crippen LogP contribution is 2.42. The third-order valence-electron chi connectivity index (χ3n) is 5.52. The smallest absolute Gasteiger partial charge is 0.416 e. The van der Waals surface area contributed by atoms with Crippen molar-refractivity contribution in [2.75, 3.05) is 27.2 Å². The van der Waals surface area contributed by atoms with E-state index in [1.165, 1.54) is 14.0 Å². The van der Waals surface area contributed by atoms with E-state index in [4.69, 9.17) is 4.74 Å². The molecule has 1 fully saturated rings. The zero-order chi connectivity index (χ0) is 21.6. The molecule has 0 radical (unpaired) electrons. The summed E-state index contributed by atoms with van der Waals surface area (Å²) in [5.74, 6) is -0.274. The fourth-order valence-corrected chi connectivity index (χ4v) is 4.10. The number of hydrogen-bond donors (Lipinski definition) is 1. The maximum atomic E-state index is 13.1. The summed E-state index contributed by atoms with van der Waals surface area (Å²) in [5, 5.41) is 18.9. The first-order valence-electron chi connectivity index (χ1n) is 9.57. The van der Waals surface area contributed by atoms with E-state index in [0.29, 0.717) is 17.2 Å². The van der Waals surface area contributed by atoms with Crippen LogP contribution in [0.3, 0.4) is 0 Å². The number of methoxy groups -OCH3 is 1. The minimum Gasteiger partial charge on any atom is -0.507 e. The summed E-state index contributed by atoms with van der Waals surface area (Å²) in [4.78, 5) is 6.69. The van der Waals surface area contributed by atoms with Gasteiger partial charge in [-0.3, -0.25) is 0 Å². The van der Waals surface area contributed by atoms with E-state index in [2.05, 4.69) is 27.1 Å². The Morgan fingerprint density at radius 3 is 2.63 bits per heavy atom. The Bertz CT molecular complexity index is 1070. The van der Waals surface area contributed by atoms with Crippen LogP contribution in [-0.2, 0) is 6.18 Å². The van der Waals surface area contributed by atoms with Crippen LogP contribution in [0.1, 0.15) is 30.0 Å². The molecule has 3 aromatic rings. The number of phenolic OH excluding ortho intramolecular Hbond substituents is 1. The Morgan fingerprint density at radius 2 is 2.00 bits per heavy atom. The van der Waals surface area contributed by atoms with Gasteiger partial charge in [0.2, 0.25) is 0 Å². The summed E-state index contributed by atoms with van der Waals surface area (Å²) in [6.07, 6.45) is -0.830. The average Bonchev–Trinajstić information content (AvgIpc) is 3.10. The maximum absolute atomic E-state index is 13.1. The molecule has 10 heteroatoms. The molecule has 1 atom stereocenters. The van der Waals surface area contributed by atoms with Crippen LogP contribution in [0.2, 0.25) is 0 Å². The van der Waals surface area contributed by atoms with Gasteiger partial charge in [0.1, 0.15) is 11.4 Å². The fourth-order valence-electron chi connectivity index (χ4n) is 4.10. The Labute approximate surface area is 171 Å². The second-order valence-corrected chi connectivity index (χ2v) is 7.65. The molecule has 1 aliphatic heterocycles. The molecule has 1 saturated heterocycles. The molecule has 1 aliphatic rings. The number of benzene rings is 1. The van der Waals surface area contributed by atoms with Crippen molar-refractivity contribution in [2.45, 2.75) is 32.0 Å². The molecule has 160 valence electrons. The number of aromatic hydroxyl groups is 1. The van der Waals surface area contributed by atoms with Gasteiger partial charge in [-0.1, -0.05) is 0 Å². The number of likely N-dealkylation sites (tertiary alicyclic amines) is 1. The second kappa shape index (κ2) is 7.42. The zero-order valence-corrected chi connectivity index (χ0v) is 16.9. The van der Waals surface area contributed by atoms with Crippen molar-refractivity contribution in [3.05, 3.63) is 29.6 Å². The molecule has 1 N–H and O–H groups in total. The predicted octanol–water partition coefficient (Wildman–Crippen LogP) is 3.80. The van der Waals surface area contributed by atoms with Gasteiger partial charge in [-0.25, -0.2) is 4.98 Å². The first-order chi connectivity index (χ1) is 14.2. The lowest BCUT2D eigenvalue weighted by molar-refractivity contribution is -0.137. The molecule has 3 heterocycles. The van der Waals surface area contributed by atoms with Crippen LogP contribution in [0.15, 0.2) is 18.5 Å². The van der Waals surface area contributed by atoms with Gasteiger partial charge in [0.25, 0.3) is 0 Å². The predicted molar refractivity (Wildman–Crippen MR) is 104 cm³/mol. The Kier molecular flexibility index (Phi) is 5.05. The first-order valence-corrected chi connectivity index (χ1v) is 9.57. The van der Waals surface area contributed by atoms with Crippen molar-refractivity contribution < 1.29 is 23.0 Å². The summed E-state index contributed by atoms with van der Waals surface area (Å²) in [7, 11) is 3.50. The van der Waals surface area contributed by atoms with Crippen LogP contribution in [-0.4, -0.2) is 57.0 Å². The van der Waals surface area contributed by atoms with Crippen molar-refractivity contribution in [3.8, 4) is 22.8 Å². The van der Waals surface area contributed by atoms with E-state index in [-0.39, 0.29) is 28.6 Å². The van der Waals surface area contributed by atoms with Crippen LogP contribution in [0, 0.1) is 6.92 Å². The number of aryl methyl sites for hydroxylation is 1. The number of nitrogens with zero attached hydrogens (tertiary/aromatic N) is 5. The van der Waals surface area contributed by atoms with E-state index in [0.717, 1.165) is 32.0 Å². The van der Waals surface area contributed by atoms with Crippen LogP contribution in [0.4, 0.5) is 13.2 Å². The summed E-state index contributed by atoms with van der Waals surface area (Å²) in [5.41, 5.74) is 0.567. The lowest BCUT2D eigenvalue weighted by Gasteiger charge is -2.30. The number of hydrogen-bond acceptors (Lipinski definition) is 6. The molecule has 0 spiro atoms. The molecular formula is C20H22F3N5O2. The highest BCUT2D eigenvalue weighted by Gasteiger charge is 2.33. The number of alkyl halides is 3. The van der Waals surface area contributed by atoms with Gasteiger partial charge in [-0.05, 0) is 51.1 Å². The summed E-state index contributed by atoms with van der Waals surface area (Å²) >= 11 is 0. The van der Waals surface area contributed by atoms with Gasteiger partial charge < -0.3 is 19.3 Å². The van der Waals surface area contributed by atoms with E-state index < -0.39 is 17.5 Å². The lowest BCUT2D eigenvalue weighted by Crippen LogP contribution is -2.33. The van der Waals surface area contributed by atoms with Gasteiger partial charge in [0.05, 0.1) is 24.6 Å². The van der Waals surface area contributed by atoms with Crippen molar-refractivity contribution in [1.29, 1.82) is 0 Å². The number of aromatic nitrogens is 4. The number of likely N-dealkylation sites (N-methyl/N-ethyl adjacent to an activating group) is 1. The van der Waals surface area contributed by atoms with E-state index in [1.54, 1.807) is 6.33 Å². The molecule has 30 heavy (non-hydrogen) atoms. The number of imidazole rings is 1. The van der Waals surface area contributed by atoms with Crippen molar-refractivity contribution >= 4 is 11.2 Å². The van der Waals surface area contributed by atoms with Gasteiger partial charge >= 0.3 is 6.18 Å². The summed E-state index contributed by atoms with van der Waals surface area (Å²) in [6, 6.07) is 1.85. The molecule has 0 aliphatic carbocycles. The highest BCUT2D eigenvalue weighted by molar-refractivity contribution is 5.88. The maximum Gasteiger partial charge on any atom is 0.416 e. The second-order valence-electron chi connectivity index (χ2n) is 7.65. The fraction of sp³-hybridized carbons (Fsp3) is 0.450. The Hall–Kier alpha value is -2.88. The third-order valence-corrected chi connectivity index (χ3v) is 5.52. The molecule has 1 aromatic carbocycles. The molecular weight excluding hydrogens is 399 g/mol. The molecule has 0 saturated carbocycles. The number of fused-ring (bicyclic) bond motifs is 1. The minimum atomic E-state index is -4.56. The van der Waals surface area contributed by atoms with E-state index in [9.17, 15) is 18.3 Å². The first kappa shape index (κ1) is 20.4. The molecule has 7 nitrogen and oxygen atoms in total. The number of piperidine rings is 1. The SMILES string of the molecule is COc1c(-c2c(C)cc(C(F)(F)F)cc2O)nnc2c1ncn2[C@@H]1CCCN(C)C1. The summed E-state index contributed by atoms with van der Waals surface area (Å²) in [6.45, 7) is 3.37. The molecule has 0 amide bonds. The third kappa shape index (κ3) is 3.45. The van der Waals surface area contributed by atoms with Gasteiger partial charge in [-0.15, -0.1) is 10.2 Å². The summed E-state index contributed by atoms with van der Waals surface area (Å²) < 4.78 is 46.7.